The Labute approximate surface area is 105 Å². The molecule has 0 aliphatic heterocycles. The summed E-state index contributed by atoms with van der Waals surface area (Å²) in [6, 6.07) is 2.95. The standard InChI is InChI=1S/C9H8F3N3O2S/c10-9(11,12)17-4-1-2-5(7(13)16)6(3-4)15-8(14)18/h1-3H,(H2,13,16)(H3,14,15,18). The average molecular weight is 279 g/mol. The Morgan fingerprint density at radius 1 is 1.33 bits per heavy atom. The van der Waals surface area contributed by atoms with Crippen LogP contribution in [0.3, 0.4) is 0 Å². The molecule has 0 unspecified atom stereocenters. The Bertz CT molecular complexity index is 490. The van der Waals surface area contributed by atoms with Crippen molar-refractivity contribution in [3.63, 3.8) is 0 Å². The molecule has 98 valence electrons. The fraction of sp³-hybridized carbons (Fsp3) is 0.111. The first-order valence-corrected chi connectivity index (χ1v) is 4.86. The predicted molar refractivity (Wildman–Crippen MR) is 62.1 cm³/mol. The van der Waals surface area contributed by atoms with Crippen molar-refractivity contribution >= 4 is 28.9 Å². The van der Waals surface area contributed by atoms with Gasteiger partial charge in [0, 0.05) is 6.07 Å². The molecule has 9 heteroatoms. The van der Waals surface area contributed by atoms with Crippen molar-refractivity contribution in [2.75, 3.05) is 5.32 Å². The highest BCUT2D eigenvalue weighted by atomic mass is 32.1. The van der Waals surface area contributed by atoms with Gasteiger partial charge in [-0.15, -0.1) is 13.2 Å². The molecule has 1 aromatic carbocycles. The number of rotatable bonds is 3. The maximum atomic E-state index is 12.0. The number of anilines is 1. The number of ether oxygens (including phenoxy) is 1. The number of alkyl halides is 3. The molecule has 0 saturated heterocycles. The minimum absolute atomic E-state index is 0.0580. The van der Waals surface area contributed by atoms with Gasteiger partial charge in [-0.25, -0.2) is 0 Å². The number of amides is 1. The van der Waals surface area contributed by atoms with E-state index >= 15 is 0 Å². The van der Waals surface area contributed by atoms with E-state index < -0.39 is 18.0 Å². The lowest BCUT2D eigenvalue weighted by Gasteiger charge is -2.13. The Morgan fingerprint density at radius 3 is 2.39 bits per heavy atom. The van der Waals surface area contributed by atoms with E-state index in [1.165, 1.54) is 0 Å². The molecule has 0 heterocycles. The molecule has 18 heavy (non-hydrogen) atoms. The summed E-state index contributed by atoms with van der Waals surface area (Å²) >= 11 is 4.53. The van der Waals surface area contributed by atoms with Gasteiger partial charge in [-0.1, -0.05) is 0 Å². The van der Waals surface area contributed by atoms with Crippen molar-refractivity contribution in [3.8, 4) is 5.75 Å². The quantitative estimate of drug-likeness (QED) is 0.726. The van der Waals surface area contributed by atoms with Crippen molar-refractivity contribution in [3.05, 3.63) is 23.8 Å². The first-order chi connectivity index (χ1) is 8.19. The minimum atomic E-state index is -4.84. The third kappa shape index (κ3) is 4.09. The van der Waals surface area contributed by atoms with Crippen LogP contribution in [0.15, 0.2) is 18.2 Å². The van der Waals surface area contributed by atoms with Gasteiger partial charge in [0.05, 0.1) is 11.3 Å². The van der Waals surface area contributed by atoms with Crippen LogP contribution >= 0.6 is 12.2 Å². The lowest BCUT2D eigenvalue weighted by atomic mass is 10.1. The molecule has 0 saturated carbocycles. The summed E-state index contributed by atoms with van der Waals surface area (Å²) in [5.74, 6) is -1.36. The number of benzene rings is 1. The molecular formula is C9H8F3N3O2S. The molecule has 5 nitrogen and oxygen atoms in total. The fourth-order valence-corrected chi connectivity index (χ4v) is 1.28. The van der Waals surface area contributed by atoms with Gasteiger partial charge in [-0.05, 0) is 24.4 Å². The summed E-state index contributed by atoms with van der Waals surface area (Å²) in [4.78, 5) is 11.0. The van der Waals surface area contributed by atoms with Crippen molar-refractivity contribution in [2.24, 2.45) is 11.5 Å². The molecule has 0 aromatic heterocycles. The van der Waals surface area contributed by atoms with Gasteiger partial charge >= 0.3 is 6.36 Å². The molecule has 0 radical (unpaired) electrons. The van der Waals surface area contributed by atoms with E-state index in [0.29, 0.717) is 0 Å². The van der Waals surface area contributed by atoms with E-state index in [1.807, 2.05) is 0 Å². The number of hydrogen-bond donors (Lipinski definition) is 3. The number of hydrogen-bond acceptors (Lipinski definition) is 3. The molecular weight excluding hydrogens is 271 g/mol. The van der Waals surface area contributed by atoms with Crippen molar-refractivity contribution < 1.29 is 22.7 Å². The zero-order valence-corrected chi connectivity index (χ0v) is 9.56. The predicted octanol–water partition coefficient (Wildman–Crippen LogP) is 1.34. The van der Waals surface area contributed by atoms with Crippen LogP contribution in [0, 0.1) is 0 Å². The summed E-state index contributed by atoms with van der Waals surface area (Å²) in [5, 5.41) is 2.12. The molecule has 5 N–H and O–H groups in total. The van der Waals surface area contributed by atoms with Crippen LogP contribution in [-0.2, 0) is 0 Å². The van der Waals surface area contributed by atoms with Gasteiger partial charge in [0.1, 0.15) is 5.75 Å². The molecule has 1 rings (SSSR count). The Morgan fingerprint density at radius 2 is 1.94 bits per heavy atom. The van der Waals surface area contributed by atoms with Crippen molar-refractivity contribution in [1.82, 2.24) is 0 Å². The van der Waals surface area contributed by atoms with E-state index in [-0.39, 0.29) is 16.4 Å². The molecule has 0 spiro atoms. The van der Waals surface area contributed by atoms with E-state index in [1.54, 1.807) is 0 Å². The third-order valence-electron chi connectivity index (χ3n) is 1.75. The van der Waals surface area contributed by atoms with E-state index in [9.17, 15) is 18.0 Å². The van der Waals surface area contributed by atoms with Crippen LogP contribution in [0.1, 0.15) is 10.4 Å². The van der Waals surface area contributed by atoms with Crippen LogP contribution in [0.5, 0.6) is 5.75 Å². The van der Waals surface area contributed by atoms with Crippen molar-refractivity contribution in [2.45, 2.75) is 6.36 Å². The van der Waals surface area contributed by atoms with Crippen molar-refractivity contribution in [1.29, 1.82) is 0 Å². The highest BCUT2D eigenvalue weighted by molar-refractivity contribution is 7.80. The number of nitrogens with one attached hydrogen (secondary N) is 1. The van der Waals surface area contributed by atoms with Crippen LogP contribution in [0.25, 0.3) is 0 Å². The Balaban J connectivity index is 3.12. The van der Waals surface area contributed by atoms with Crippen LogP contribution < -0.4 is 21.5 Å². The summed E-state index contributed by atoms with van der Waals surface area (Å²) < 4.78 is 39.7. The number of nitrogens with two attached hydrogens (primary N) is 2. The summed E-state index contributed by atoms with van der Waals surface area (Å²) in [7, 11) is 0. The van der Waals surface area contributed by atoms with Gasteiger partial charge in [0.15, 0.2) is 5.11 Å². The molecule has 1 amide bonds. The molecule has 0 aliphatic carbocycles. The number of thiocarbonyl (C=S) groups is 1. The second-order valence-corrected chi connectivity index (χ2v) is 3.55. The van der Waals surface area contributed by atoms with Crippen LogP contribution in [0.4, 0.5) is 18.9 Å². The lowest BCUT2D eigenvalue weighted by Crippen LogP contribution is -2.23. The maximum absolute atomic E-state index is 12.0. The lowest BCUT2D eigenvalue weighted by molar-refractivity contribution is -0.274. The molecule has 0 bridgehead atoms. The van der Waals surface area contributed by atoms with Crippen LogP contribution in [0.2, 0.25) is 0 Å². The van der Waals surface area contributed by atoms with Crippen LogP contribution in [-0.4, -0.2) is 17.4 Å². The summed E-state index contributed by atoms with van der Waals surface area (Å²) in [5.41, 5.74) is 10.1. The van der Waals surface area contributed by atoms with Gasteiger partial charge in [-0.2, -0.15) is 0 Å². The van der Waals surface area contributed by atoms with Gasteiger partial charge < -0.3 is 21.5 Å². The Hall–Kier alpha value is -2.03. The smallest absolute Gasteiger partial charge is 0.406 e. The number of primary amides is 1. The molecule has 0 atom stereocenters. The average Bonchev–Trinajstić information content (AvgIpc) is 2.13. The monoisotopic (exact) mass is 279 g/mol. The third-order valence-corrected chi connectivity index (χ3v) is 1.85. The number of carbonyl (C=O) groups is 1. The molecule has 1 aromatic rings. The Kier molecular flexibility index (Phi) is 3.96. The SMILES string of the molecule is NC(=O)c1ccc(OC(F)(F)F)cc1NC(N)=S. The zero-order valence-electron chi connectivity index (χ0n) is 8.75. The molecule has 0 aliphatic rings. The number of carbonyl (C=O) groups excluding carboxylic acids is 1. The topological polar surface area (TPSA) is 90.4 Å². The first-order valence-electron chi connectivity index (χ1n) is 4.45. The summed E-state index contributed by atoms with van der Waals surface area (Å²) in [6.45, 7) is 0. The second kappa shape index (κ2) is 5.08. The van der Waals surface area contributed by atoms with Gasteiger partial charge in [0.25, 0.3) is 5.91 Å². The number of halogens is 3. The molecule has 0 fully saturated rings. The highest BCUT2D eigenvalue weighted by Gasteiger charge is 2.31. The first kappa shape index (κ1) is 14.0. The maximum Gasteiger partial charge on any atom is 0.573 e. The van der Waals surface area contributed by atoms with E-state index in [4.69, 9.17) is 11.5 Å². The fourth-order valence-electron chi connectivity index (χ4n) is 1.17. The zero-order chi connectivity index (χ0) is 13.9. The second-order valence-electron chi connectivity index (χ2n) is 3.11. The highest BCUT2D eigenvalue weighted by Crippen LogP contribution is 2.27. The summed E-state index contributed by atoms with van der Waals surface area (Å²) in [6.07, 6.45) is -4.84. The van der Waals surface area contributed by atoms with E-state index in [0.717, 1.165) is 18.2 Å². The van der Waals surface area contributed by atoms with Gasteiger partial charge in [-0.3, -0.25) is 4.79 Å². The largest absolute Gasteiger partial charge is 0.573 e. The van der Waals surface area contributed by atoms with E-state index in [2.05, 4.69) is 22.3 Å². The minimum Gasteiger partial charge on any atom is -0.406 e. The van der Waals surface area contributed by atoms with Gasteiger partial charge in [0.2, 0.25) is 0 Å². The normalized spacial score (nSPS) is 10.8.